The first kappa shape index (κ1) is 9.77. The largest absolute Gasteiger partial charge is 0.397 e. The summed E-state index contributed by atoms with van der Waals surface area (Å²) in [6.07, 6.45) is 1.87. The number of nitrogen functional groups attached to an aromatic ring is 1. The number of anilines is 2. The lowest BCUT2D eigenvalue weighted by atomic mass is 10.1. The predicted octanol–water partition coefficient (Wildman–Crippen LogP) is 2.56. The molecule has 15 heavy (non-hydrogen) atoms. The van der Waals surface area contributed by atoms with Crippen LogP contribution in [0, 0.1) is 6.92 Å². The van der Waals surface area contributed by atoms with Crippen LogP contribution in [0.15, 0.2) is 24.4 Å². The maximum atomic E-state index is 5.92. The zero-order valence-electron chi connectivity index (χ0n) is 9.04. The molecule has 0 saturated heterocycles. The van der Waals surface area contributed by atoms with Gasteiger partial charge in [0, 0.05) is 23.8 Å². The minimum absolute atomic E-state index is 0.773. The number of nitrogens with one attached hydrogen (secondary N) is 1. The number of aromatic nitrogens is 1. The average Bonchev–Trinajstić information content (AvgIpc) is 2.22. The SMILES string of the molecule is CCNc1c(N)ccc2cc(C)ncc12. The van der Waals surface area contributed by atoms with Gasteiger partial charge in [-0.2, -0.15) is 0 Å². The first-order chi connectivity index (χ1) is 7.22. The number of benzene rings is 1. The fourth-order valence-electron chi connectivity index (χ4n) is 1.72. The maximum absolute atomic E-state index is 5.92. The van der Waals surface area contributed by atoms with Crippen molar-refractivity contribution >= 4 is 22.1 Å². The molecule has 0 radical (unpaired) electrons. The molecule has 2 aromatic rings. The highest BCUT2D eigenvalue weighted by Gasteiger charge is 2.04. The van der Waals surface area contributed by atoms with Crippen molar-refractivity contribution in [3.8, 4) is 0 Å². The molecule has 3 nitrogen and oxygen atoms in total. The highest BCUT2D eigenvalue weighted by Crippen LogP contribution is 2.28. The van der Waals surface area contributed by atoms with Crippen LogP contribution in [-0.4, -0.2) is 11.5 Å². The fourth-order valence-corrected chi connectivity index (χ4v) is 1.72. The molecule has 2 rings (SSSR count). The van der Waals surface area contributed by atoms with Crippen molar-refractivity contribution < 1.29 is 0 Å². The molecule has 0 aliphatic rings. The topological polar surface area (TPSA) is 50.9 Å². The molecule has 3 heteroatoms. The summed E-state index contributed by atoms with van der Waals surface area (Å²) in [4.78, 5) is 4.30. The van der Waals surface area contributed by atoms with Crippen molar-refractivity contribution in [1.82, 2.24) is 4.98 Å². The highest BCUT2D eigenvalue weighted by molar-refractivity contribution is 5.99. The summed E-state index contributed by atoms with van der Waals surface area (Å²) < 4.78 is 0. The van der Waals surface area contributed by atoms with Gasteiger partial charge in [-0.05, 0) is 31.4 Å². The molecule has 3 N–H and O–H groups in total. The second-order valence-corrected chi connectivity index (χ2v) is 3.61. The number of rotatable bonds is 2. The van der Waals surface area contributed by atoms with Crippen LogP contribution in [0.2, 0.25) is 0 Å². The molecule has 0 atom stereocenters. The Morgan fingerprint density at radius 1 is 1.40 bits per heavy atom. The number of pyridine rings is 1. The van der Waals surface area contributed by atoms with Gasteiger partial charge in [-0.3, -0.25) is 4.98 Å². The van der Waals surface area contributed by atoms with E-state index in [1.165, 1.54) is 5.39 Å². The van der Waals surface area contributed by atoms with Gasteiger partial charge in [-0.1, -0.05) is 6.07 Å². The first-order valence-corrected chi connectivity index (χ1v) is 5.11. The summed E-state index contributed by atoms with van der Waals surface area (Å²) in [6.45, 7) is 4.90. The molecule has 0 unspecified atom stereocenters. The van der Waals surface area contributed by atoms with Crippen LogP contribution < -0.4 is 11.1 Å². The molecule has 0 fully saturated rings. The second-order valence-electron chi connectivity index (χ2n) is 3.61. The Bertz CT molecular complexity index is 491. The number of nitrogens with two attached hydrogens (primary N) is 1. The van der Waals surface area contributed by atoms with Crippen molar-refractivity contribution in [3.05, 3.63) is 30.1 Å². The number of nitrogens with zero attached hydrogens (tertiary/aromatic N) is 1. The van der Waals surface area contributed by atoms with Crippen LogP contribution in [0.4, 0.5) is 11.4 Å². The van der Waals surface area contributed by atoms with Crippen LogP contribution in [0.3, 0.4) is 0 Å². The summed E-state index contributed by atoms with van der Waals surface area (Å²) in [6, 6.07) is 6.02. The molecule has 0 spiro atoms. The van der Waals surface area contributed by atoms with Crippen molar-refractivity contribution in [1.29, 1.82) is 0 Å². The van der Waals surface area contributed by atoms with E-state index in [1.54, 1.807) is 0 Å². The van der Waals surface area contributed by atoms with E-state index >= 15 is 0 Å². The molecule has 0 amide bonds. The van der Waals surface area contributed by atoms with Gasteiger partial charge in [0.15, 0.2) is 0 Å². The van der Waals surface area contributed by atoms with Gasteiger partial charge in [0.1, 0.15) is 0 Å². The molecule has 1 aromatic carbocycles. The van der Waals surface area contributed by atoms with Crippen LogP contribution in [0.5, 0.6) is 0 Å². The zero-order valence-corrected chi connectivity index (χ0v) is 9.04. The highest BCUT2D eigenvalue weighted by atomic mass is 14.9. The van der Waals surface area contributed by atoms with Crippen molar-refractivity contribution in [2.75, 3.05) is 17.6 Å². The summed E-state index contributed by atoms with van der Waals surface area (Å²) >= 11 is 0. The van der Waals surface area contributed by atoms with E-state index in [0.29, 0.717) is 0 Å². The van der Waals surface area contributed by atoms with Gasteiger partial charge in [-0.15, -0.1) is 0 Å². The second kappa shape index (κ2) is 3.77. The van der Waals surface area contributed by atoms with Crippen LogP contribution in [0.25, 0.3) is 10.8 Å². The van der Waals surface area contributed by atoms with Gasteiger partial charge in [0.2, 0.25) is 0 Å². The van der Waals surface area contributed by atoms with E-state index in [2.05, 4.69) is 23.3 Å². The van der Waals surface area contributed by atoms with Gasteiger partial charge in [-0.25, -0.2) is 0 Å². The summed E-state index contributed by atoms with van der Waals surface area (Å²) in [7, 11) is 0. The predicted molar refractivity (Wildman–Crippen MR) is 65.1 cm³/mol. The van der Waals surface area contributed by atoms with Crippen LogP contribution >= 0.6 is 0 Å². The lowest BCUT2D eigenvalue weighted by Crippen LogP contribution is -2.01. The third-order valence-corrected chi connectivity index (χ3v) is 2.43. The molecule has 1 aromatic heterocycles. The molecule has 0 aliphatic carbocycles. The van der Waals surface area contributed by atoms with E-state index in [-0.39, 0.29) is 0 Å². The minimum atomic E-state index is 0.773. The summed E-state index contributed by atoms with van der Waals surface area (Å²) in [5.74, 6) is 0. The molecule has 0 bridgehead atoms. The van der Waals surface area contributed by atoms with Crippen molar-refractivity contribution in [2.45, 2.75) is 13.8 Å². The molecule has 0 aliphatic heterocycles. The van der Waals surface area contributed by atoms with Crippen molar-refractivity contribution in [2.24, 2.45) is 0 Å². The summed E-state index contributed by atoms with van der Waals surface area (Å²) in [5.41, 5.74) is 8.70. The number of hydrogen-bond acceptors (Lipinski definition) is 3. The molecule has 1 heterocycles. The Morgan fingerprint density at radius 3 is 2.93 bits per heavy atom. The van der Waals surface area contributed by atoms with Crippen molar-refractivity contribution in [3.63, 3.8) is 0 Å². The van der Waals surface area contributed by atoms with Gasteiger partial charge in [0.05, 0.1) is 11.4 Å². The zero-order chi connectivity index (χ0) is 10.8. The molecule has 0 saturated carbocycles. The van der Waals surface area contributed by atoms with E-state index in [1.807, 2.05) is 25.3 Å². The first-order valence-electron chi connectivity index (χ1n) is 5.11. The monoisotopic (exact) mass is 201 g/mol. The molecular formula is C12H15N3. The third kappa shape index (κ3) is 1.73. The van der Waals surface area contributed by atoms with E-state index < -0.39 is 0 Å². The quantitative estimate of drug-likeness (QED) is 0.734. The lowest BCUT2D eigenvalue weighted by Gasteiger charge is -2.11. The van der Waals surface area contributed by atoms with Gasteiger partial charge in [0.25, 0.3) is 0 Å². The Hall–Kier alpha value is -1.77. The minimum Gasteiger partial charge on any atom is -0.397 e. The molecule has 78 valence electrons. The third-order valence-electron chi connectivity index (χ3n) is 2.43. The number of fused-ring (bicyclic) bond motifs is 1. The Labute approximate surface area is 89.3 Å². The average molecular weight is 201 g/mol. The van der Waals surface area contributed by atoms with Crippen LogP contribution in [-0.2, 0) is 0 Å². The lowest BCUT2D eigenvalue weighted by molar-refractivity contribution is 1.20. The smallest absolute Gasteiger partial charge is 0.0669 e. The van der Waals surface area contributed by atoms with Crippen LogP contribution in [0.1, 0.15) is 12.6 Å². The Balaban J connectivity index is 2.70. The number of hydrogen-bond donors (Lipinski definition) is 2. The van der Waals surface area contributed by atoms with Gasteiger partial charge >= 0.3 is 0 Å². The number of aryl methyl sites for hydroxylation is 1. The summed E-state index contributed by atoms with van der Waals surface area (Å²) in [5, 5.41) is 5.53. The standard InChI is InChI=1S/C12H15N3/c1-3-14-12-10-7-15-8(2)6-9(10)4-5-11(12)13/h4-7,14H,3,13H2,1-2H3. The fraction of sp³-hybridized carbons (Fsp3) is 0.250. The Morgan fingerprint density at radius 2 is 2.20 bits per heavy atom. The Kier molecular flexibility index (Phi) is 2.46. The maximum Gasteiger partial charge on any atom is 0.0669 e. The van der Waals surface area contributed by atoms with E-state index in [9.17, 15) is 0 Å². The molecular weight excluding hydrogens is 186 g/mol. The van der Waals surface area contributed by atoms with E-state index in [4.69, 9.17) is 5.73 Å². The normalized spacial score (nSPS) is 10.5. The van der Waals surface area contributed by atoms with E-state index in [0.717, 1.165) is 29.0 Å². The van der Waals surface area contributed by atoms with Gasteiger partial charge < -0.3 is 11.1 Å².